The van der Waals surface area contributed by atoms with Gasteiger partial charge in [0, 0.05) is 6.42 Å². The van der Waals surface area contributed by atoms with Crippen LogP contribution >= 0.6 is 29.1 Å². The van der Waals surface area contributed by atoms with Crippen molar-refractivity contribution in [2.24, 2.45) is 0 Å². The molecule has 2 rings (SSSR count). The van der Waals surface area contributed by atoms with Crippen LogP contribution in [0.5, 0.6) is 0 Å². The molecule has 0 aliphatic heterocycles. The molecule has 0 saturated carbocycles. The van der Waals surface area contributed by atoms with E-state index in [1.807, 2.05) is 35.9 Å². The molecule has 0 bridgehead atoms. The molecule has 0 atom stereocenters. The van der Waals surface area contributed by atoms with Gasteiger partial charge in [-0.2, -0.15) is 0 Å². The third-order valence-corrected chi connectivity index (χ3v) is 4.79. The van der Waals surface area contributed by atoms with Crippen molar-refractivity contribution in [3.8, 4) is 0 Å². The van der Waals surface area contributed by atoms with Crippen LogP contribution in [0.4, 0.5) is 5.69 Å². The van der Waals surface area contributed by atoms with Gasteiger partial charge in [0.15, 0.2) is 5.78 Å². The normalized spacial score (nSPS) is 10.7. The SMILES string of the molecule is CCc1cccc[n+]1[C-](c1ccc([N+](=O)[O-])cc1)P(Cl)Cl. The van der Waals surface area contributed by atoms with Crippen LogP contribution in [0.3, 0.4) is 0 Å². The lowest BCUT2D eigenvalue weighted by Crippen LogP contribution is -2.42. The number of rotatable bonds is 5. The predicted octanol–water partition coefficient (Wildman–Crippen LogP) is 4.62. The van der Waals surface area contributed by atoms with Gasteiger partial charge in [0.05, 0.1) is 4.92 Å². The molecule has 0 spiro atoms. The van der Waals surface area contributed by atoms with Crippen molar-refractivity contribution in [3.05, 3.63) is 75.8 Å². The van der Waals surface area contributed by atoms with Gasteiger partial charge in [0.1, 0.15) is 18.5 Å². The number of pyridine rings is 1. The summed E-state index contributed by atoms with van der Waals surface area (Å²) < 4.78 is 1.95. The highest BCUT2D eigenvalue weighted by molar-refractivity contribution is 8.05. The zero-order valence-electron chi connectivity index (χ0n) is 11.2. The molecule has 110 valence electrons. The zero-order valence-corrected chi connectivity index (χ0v) is 13.6. The highest BCUT2D eigenvalue weighted by Crippen LogP contribution is 2.57. The Balaban J connectivity index is 2.46. The van der Waals surface area contributed by atoms with E-state index in [0.29, 0.717) is 0 Å². The fourth-order valence-electron chi connectivity index (χ4n) is 2.02. The molecule has 21 heavy (non-hydrogen) atoms. The monoisotopic (exact) mass is 342 g/mol. The summed E-state index contributed by atoms with van der Waals surface area (Å²) >= 11 is 12.4. The fraction of sp³-hybridized carbons (Fsp3) is 0.143. The van der Waals surface area contributed by atoms with E-state index >= 15 is 0 Å². The van der Waals surface area contributed by atoms with E-state index in [1.54, 1.807) is 12.1 Å². The number of nitro groups is 1. The maximum atomic E-state index is 10.7. The first-order chi connectivity index (χ1) is 10.0. The zero-order chi connectivity index (χ0) is 15.4. The van der Waals surface area contributed by atoms with E-state index in [1.165, 1.54) is 12.1 Å². The summed E-state index contributed by atoms with van der Waals surface area (Å²) in [5.41, 5.74) is 1.89. The van der Waals surface area contributed by atoms with Crippen molar-refractivity contribution in [2.45, 2.75) is 13.3 Å². The summed E-state index contributed by atoms with van der Waals surface area (Å²) in [7, 11) is 0. The number of halogens is 2. The number of aryl methyl sites for hydroxylation is 1. The first-order valence-electron chi connectivity index (χ1n) is 6.28. The number of non-ortho nitro benzene ring substituents is 1. The average molecular weight is 343 g/mol. The Hall–Kier alpha value is -1.35. The number of hydrogen-bond donors (Lipinski definition) is 0. The van der Waals surface area contributed by atoms with Gasteiger partial charge in [-0.3, -0.25) is 14.7 Å². The molecule has 1 aromatic heterocycles. The first kappa shape index (κ1) is 16.0. The van der Waals surface area contributed by atoms with E-state index < -0.39 is 11.6 Å². The molecule has 0 aliphatic rings. The second-order valence-electron chi connectivity index (χ2n) is 4.28. The third kappa shape index (κ3) is 3.65. The summed E-state index contributed by atoms with van der Waals surface area (Å²) in [6.45, 7) is 0.637. The Morgan fingerprint density at radius 1 is 1.24 bits per heavy atom. The van der Waals surface area contributed by atoms with Gasteiger partial charge in [-0.15, -0.1) is 12.1 Å². The highest BCUT2D eigenvalue weighted by atomic mass is 35.9. The minimum absolute atomic E-state index is 0.0420. The van der Waals surface area contributed by atoms with Crippen LogP contribution in [-0.2, 0) is 6.42 Å². The van der Waals surface area contributed by atoms with Crippen molar-refractivity contribution in [1.29, 1.82) is 0 Å². The molecule has 1 aromatic carbocycles. The molecular weight excluding hydrogens is 330 g/mol. The molecule has 0 saturated heterocycles. The summed E-state index contributed by atoms with van der Waals surface area (Å²) in [6, 6.07) is 12.1. The van der Waals surface area contributed by atoms with Crippen LogP contribution in [0, 0.1) is 15.9 Å². The smallest absolute Gasteiger partial charge is 0.254 e. The maximum absolute atomic E-state index is 10.7. The quantitative estimate of drug-likeness (QED) is 0.261. The van der Waals surface area contributed by atoms with Crippen LogP contribution in [0.15, 0.2) is 48.7 Å². The van der Waals surface area contributed by atoms with Crippen molar-refractivity contribution >= 4 is 34.8 Å². The lowest BCUT2D eigenvalue weighted by Gasteiger charge is -2.20. The van der Waals surface area contributed by atoms with E-state index in [2.05, 4.69) is 0 Å². The molecule has 0 radical (unpaired) electrons. The first-order valence-corrected chi connectivity index (χ1v) is 9.43. The standard InChI is InChI=1S/C14H13Cl2N2O2P/c1-2-12-5-3-4-10-17(12)14(21(15)16)11-6-8-13(9-7-11)18(19)20/h3-10H,2H2,1H3. The van der Waals surface area contributed by atoms with E-state index in [-0.39, 0.29) is 5.69 Å². The molecule has 0 fully saturated rings. The van der Waals surface area contributed by atoms with E-state index in [4.69, 9.17) is 22.5 Å². The van der Waals surface area contributed by atoms with Gasteiger partial charge in [-0.05, 0) is 29.8 Å². The van der Waals surface area contributed by atoms with E-state index in [0.717, 1.165) is 23.5 Å². The van der Waals surface area contributed by atoms with Crippen LogP contribution in [-0.4, -0.2) is 4.92 Å². The van der Waals surface area contributed by atoms with Crippen LogP contribution in [0.2, 0.25) is 0 Å². The molecule has 0 N–H and O–H groups in total. The number of aromatic nitrogens is 1. The number of nitro benzene ring substituents is 1. The third-order valence-electron chi connectivity index (χ3n) is 3.03. The van der Waals surface area contributed by atoms with Crippen molar-refractivity contribution in [2.75, 3.05) is 0 Å². The van der Waals surface area contributed by atoms with Gasteiger partial charge in [0.25, 0.3) is 5.69 Å². The second kappa shape index (κ2) is 7.08. The molecule has 0 amide bonds. The van der Waals surface area contributed by atoms with Crippen molar-refractivity contribution in [1.82, 2.24) is 0 Å². The molecule has 2 aromatic rings. The molecule has 4 nitrogen and oxygen atoms in total. The number of nitrogens with zero attached hydrogens (tertiary/aromatic N) is 2. The van der Waals surface area contributed by atoms with Gasteiger partial charge < -0.3 is 0 Å². The lowest BCUT2D eigenvalue weighted by atomic mass is 10.2. The minimum Gasteiger partial charge on any atom is -0.259 e. The Morgan fingerprint density at radius 2 is 1.90 bits per heavy atom. The summed E-state index contributed by atoms with van der Waals surface area (Å²) in [6.07, 6.45) is 2.73. The van der Waals surface area contributed by atoms with Crippen molar-refractivity contribution < 1.29 is 9.49 Å². The number of benzene rings is 1. The topological polar surface area (TPSA) is 47.0 Å². The molecular formula is C14H13Cl2N2O2P. The van der Waals surface area contributed by atoms with Crippen LogP contribution in [0.25, 0.3) is 0 Å². The largest absolute Gasteiger partial charge is 0.259 e. The van der Waals surface area contributed by atoms with Gasteiger partial charge in [-0.25, -0.2) is 0 Å². The molecule has 0 unspecified atom stereocenters. The average Bonchev–Trinajstić information content (AvgIpc) is 2.48. The molecule has 7 heteroatoms. The molecule has 1 heterocycles. The Labute approximate surface area is 133 Å². The lowest BCUT2D eigenvalue weighted by molar-refractivity contribution is -0.645. The Morgan fingerprint density at radius 3 is 2.43 bits per heavy atom. The van der Waals surface area contributed by atoms with E-state index in [9.17, 15) is 10.1 Å². The van der Waals surface area contributed by atoms with Crippen molar-refractivity contribution in [3.63, 3.8) is 0 Å². The van der Waals surface area contributed by atoms with Crippen LogP contribution < -0.4 is 4.57 Å². The highest BCUT2D eigenvalue weighted by Gasteiger charge is 2.26. The fourth-order valence-corrected chi connectivity index (χ4v) is 3.80. The predicted molar refractivity (Wildman–Crippen MR) is 85.5 cm³/mol. The summed E-state index contributed by atoms with van der Waals surface area (Å²) in [5, 5.41) is 10.7. The van der Waals surface area contributed by atoms with Gasteiger partial charge in [-0.1, -0.05) is 35.5 Å². The van der Waals surface area contributed by atoms with Gasteiger partial charge in [0.2, 0.25) is 0 Å². The van der Waals surface area contributed by atoms with Crippen LogP contribution in [0.1, 0.15) is 18.2 Å². The Bertz CT molecular complexity index is 635. The molecule has 0 aliphatic carbocycles. The minimum atomic E-state index is -1.41. The maximum Gasteiger partial charge on any atom is 0.254 e. The summed E-state index contributed by atoms with van der Waals surface area (Å²) in [5.74, 6) is 0.751. The Kier molecular flexibility index (Phi) is 5.40. The summed E-state index contributed by atoms with van der Waals surface area (Å²) in [4.78, 5) is 10.3. The number of hydrogen-bond acceptors (Lipinski definition) is 2. The van der Waals surface area contributed by atoms with Gasteiger partial charge >= 0.3 is 0 Å². The second-order valence-corrected chi connectivity index (χ2v) is 7.71.